The van der Waals surface area contributed by atoms with Crippen LogP contribution in [0.2, 0.25) is 0 Å². The minimum absolute atomic E-state index is 0.156. The number of halogens is 1. The average molecular weight is 426 g/mol. The van der Waals surface area contributed by atoms with E-state index in [1.165, 1.54) is 22.7 Å². The molecule has 6 nitrogen and oxygen atoms in total. The van der Waals surface area contributed by atoms with Crippen LogP contribution in [0.4, 0.5) is 15.2 Å². The van der Waals surface area contributed by atoms with Gasteiger partial charge in [-0.2, -0.15) is 0 Å². The van der Waals surface area contributed by atoms with Gasteiger partial charge >= 0.3 is 0 Å². The Hall–Kier alpha value is -3.17. The van der Waals surface area contributed by atoms with Crippen LogP contribution in [-0.4, -0.2) is 21.8 Å². The molecule has 2 aromatic carbocycles. The summed E-state index contributed by atoms with van der Waals surface area (Å²) in [7, 11) is 0. The Morgan fingerprint density at radius 1 is 1.07 bits per heavy atom. The first kappa shape index (κ1) is 19.2. The molecule has 9 heteroatoms. The molecule has 0 atom stereocenters. The quantitative estimate of drug-likeness (QED) is 0.470. The van der Waals surface area contributed by atoms with Gasteiger partial charge in [-0.25, -0.2) is 14.4 Å². The number of fused-ring (bicyclic) bond motifs is 1. The molecule has 2 aromatic heterocycles. The summed E-state index contributed by atoms with van der Waals surface area (Å²) < 4.78 is 13.6. The SMILES string of the molecule is O=C(Cc1cccc(CF)c1)Nc1ccc2nc(NC(=O)c3cscn3)sc2c1. The van der Waals surface area contributed by atoms with Gasteiger partial charge in [-0.15, -0.1) is 11.3 Å². The smallest absolute Gasteiger partial charge is 0.276 e. The zero-order chi connectivity index (χ0) is 20.2. The maximum Gasteiger partial charge on any atom is 0.276 e. The third kappa shape index (κ3) is 4.64. The minimum Gasteiger partial charge on any atom is -0.326 e. The lowest BCUT2D eigenvalue weighted by atomic mass is 10.1. The molecule has 29 heavy (non-hydrogen) atoms. The Kier molecular flexibility index (Phi) is 5.59. The highest BCUT2D eigenvalue weighted by molar-refractivity contribution is 7.22. The predicted molar refractivity (Wildman–Crippen MR) is 113 cm³/mol. The van der Waals surface area contributed by atoms with Crippen molar-refractivity contribution in [3.05, 3.63) is 70.2 Å². The van der Waals surface area contributed by atoms with Crippen LogP contribution in [-0.2, 0) is 17.9 Å². The molecule has 4 rings (SSSR count). The van der Waals surface area contributed by atoms with Crippen LogP contribution in [0.1, 0.15) is 21.6 Å². The maximum atomic E-state index is 12.8. The first-order chi connectivity index (χ1) is 14.1. The van der Waals surface area contributed by atoms with Gasteiger partial charge < -0.3 is 5.32 Å². The maximum absolute atomic E-state index is 12.8. The number of aromatic nitrogens is 2. The summed E-state index contributed by atoms with van der Waals surface area (Å²) in [5, 5.41) is 7.70. The van der Waals surface area contributed by atoms with E-state index in [-0.39, 0.29) is 18.2 Å². The second kappa shape index (κ2) is 8.46. The van der Waals surface area contributed by atoms with Crippen LogP contribution >= 0.6 is 22.7 Å². The second-order valence-electron chi connectivity index (χ2n) is 6.21. The third-order valence-electron chi connectivity index (χ3n) is 4.07. The Morgan fingerprint density at radius 3 is 2.72 bits per heavy atom. The number of nitrogens with one attached hydrogen (secondary N) is 2. The van der Waals surface area contributed by atoms with Crippen LogP contribution in [0.3, 0.4) is 0 Å². The Morgan fingerprint density at radius 2 is 1.93 bits per heavy atom. The Balaban J connectivity index is 1.44. The summed E-state index contributed by atoms with van der Waals surface area (Å²) in [6.45, 7) is -0.557. The number of thiazole rings is 2. The number of amides is 2. The van der Waals surface area contributed by atoms with E-state index in [1.54, 1.807) is 53.4 Å². The van der Waals surface area contributed by atoms with Gasteiger partial charge in [-0.05, 0) is 29.3 Å². The molecule has 0 radical (unpaired) electrons. The third-order valence-corrected chi connectivity index (χ3v) is 5.59. The first-order valence-electron chi connectivity index (χ1n) is 8.64. The topological polar surface area (TPSA) is 84.0 Å². The van der Waals surface area contributed by atoms with Crippen LogP contribution in [0, 0.1) is 0 Å². The number of hydrogen-bond acceptors (Lipinski definition) is 6. The lowest BCUT2D eigenvalue weighted by Gasteiger charge is -2.06. The molecular weight excluding hydrogens is 411 g/mol. The Bertz CT molecular complexity index is 1170. The van der Waals surface area contributed by atoms with Crippen molar-refractivity contribution >= 4 is 55.5 Å². The lowest BCUT2D eigenvalue weighted by Crippen LogP contribution is -2.14. The summed E-state index contributed by atoms with van der Waals surface area (Å²) in [6.07, 6.45) is 0.156. The molecule has 2 N–H and O–H groups in total. The van der Waals surface area contributed by atoms with Crippen molar-refractivity contribution in [3.63, 3.8) is 0 Å². The summed E-state index contributed by atoms with van der Waals surface area (Å²) in [5.41, 5.74) is 4.59. The highest BCUT2D eigenvalue weighted by Gasteiger charge is 2.12. The molecule has 2 heterocycles. The summed E-state index contributed by atoms with van der Waals surface area (Å²) in [5.74, 6) is -0.503. The number of benzene rings is 2. The van der Waals surface area contributed by atoms with E-state index in [2.05, 4.69) is 20.6 Å². The number of rotatable bonds is 6. The van der Waals surface area contributed by atoms with Gasteiger partial charge in [0, 0.05) is 11.1 Å². The minimum atomic E-state index is -0.557. The number of nitrogens with zero attached hydrogens (tertiary/aromatic N) is 2. The standard InChI is InChI=1S/C20H15FN4O2S2/c21-9-13-3-1-2-12(6-13)7-18(26)23-14-4-5-15-17(8-14)29-20(24-15)25-19(27)16-10-28-11-22-16/h1-6,8,10-11H,7,9H2,(H,23,26)(H,24,25,27). The van der Waals surface area contributed by atoms with Crippen molar-refractivity contribution < 1.29 is 14.0 Å². The molecule has 0 saturated carbocycles. The van der Waals surface area contributed by atoms with Crippen LogP contribution < -0.4 is 10.6 Å². The molecule has 0 saturated heterocycles. The van der Waals surface area contributed by atoms with E-state index in [0.717, 1.165) is 15.8 Å². The highest BCUT2D eigenvalue weighted by Crippen LogP contribution is 2.28. The van der Waals surface area contributed by atoms with E-state index in [1.807, 2.05) is 0 Å². The molecule has 0 aliphatic rings. The van der Waals surface area contributed by atoms with Crippen LogP contribution in [0.15, 0.2) is 53.4 Å². The summed E-state index contributed by atoms with van der Waals surface area (Å²) in [4.78, 5) is 32.8. The molecule has 0 aliphatic heterocycles. The van der Waals surface area contributed by atoms with Gasteiger partial charge in [0.2, 0.25) is 5.91 Å². The van der Waals surface area contributed by atoms with Gasteiger partial charge in [0.15, 0.2) is 5.13 Å². The molecule has 2 amide bonds. The average Bonchev–Trinajstić information content (AvgIpc) is 3.37. The lowest BCUT2D eigenvalue weighted by molar-refractivity contribution is -0.115. The van der Waals surface area contributed by atoms with Crippen molar-refractivity contribution in [1.29, 1.82) is 0 Å². The second-order valence-corrected chi connectivity index (χ2v) is 7.96. The van der Waals surface area contributed by atoms with Crippen LogP contribution in [0.5, 0.6) is 0 Å². The van der Waals surface area contributed by atoms with Crippen molar-refractivity contribution in [1.82, 2.24) is 9.97 Å². The largest absolute Gasteiger partial charge is 0.326 e. The van der Waals surface area contributed by atoms with Gasteiger partial charge in [0.05, 0.1) is 22.1 Å². The molecule has 4 aromatic rings. The fourth-order valence-electron chi connectivity index (χ4n) is 2.75. The fourth-order valence-corrected chi connectivity index (χ4v) is 4.19. The van der Waals surface area contributed by atoms with E-state index >= 15 is 0 Å². The van der Waals surface area contributed by atoms with Crippen molar-refractivity contribution in [3.8, 4) is 0 Å². The molecule has 0 fully saturated rings. The molecule has 0 bridgehead atoms. The number of anilines is 2. The molecule has 0 spiro atoms. The molecule has 0 aliphatic carbocycles. The van der Waals surface area contributed by atoms with Gasteiger partial charge in [-0.1, -0.05) is 35.6 Å². The van der Waals surface area contributed by atoms with E-state index < -0.39 is 6.67 Å². The highest BCUT2D eigenvalue weighted by atomic mass is 32.1. The first-order valence-corrected chi connectivity index (χ1v) is 10.4. The summed E-state index contributed by atoms with van der Waals surface area (Å²) >= 11 is 2.66. The van der Waals surface area contributed by atoms with Crippen molar-refractivity contribution in [2.75, 3.05) is 10.6 Å². The number of carbonyl (C=O) groups is 2. The molecule has 146 valence electrons. The van der Waals surface area contributed by atoms with Crippen molar-refractivity contribution in [2.24, 2.45) is 0 Å². The monoisotopic (exact) mass is 426 g/mol. The predicted octanol–water partition coefficient (Wildman–Crippen LogP) is 4.66. The van der Waals surface area contributed by atoms with E-state index in [4.69, 9.17) is 0 Å². The zero-order valence-electron chi connectivity index (χ0n) is 15.0. The van der Waals surface area contributed by atoms with Crippen LogP contribution in [0.25, 0.3) is 10.2 Å². The summed E-state index contributed by atoms with van der Waals surface area (Å²) in [6, 6.07) is 12.2. The number of alkyl halides is 1. The zero-order valence-corrected chi connectivity index (χ0v) is 16.6. The molecule has 0 unspecified atom stereocenters. The molecular formula is C20H15FN4O2S2. The van der Waals surface area contributed by atoms with Gasteiger partial charge in [-0.3, -0.25) is 14.9 Å². The van der Waals surface area contributed by atoms with E-state index in [0.29, 0.717) is 22.1 Å². The fraction of sp³-hybridized carbons (Fsp3) is 0.100. The number of carbonyl (C=O) groups excluding carboxylic acids is 2. The van der Waals surface area contributed by atoms with Crippen molar-refractivity contribution in [2.45, 2.75) is 13.1 Å². The van der Waals surface area contributed by atoms with Gasteiger partial charge in [0.25, 0.3) is 5.91 Å². The normalized spacial score (nSPS) is 10.8. The Labute approximate surface area is 173 Å². The van der Waals surface area contributed by atoms with E-state index in [9.17, 15) is 14.0 Å². The van der Waals surface area contributed by atoms with Gasteiger partial charge in [0.1, 0.15) is 12.4 Å². The number of hydrogen-bond donors (Lipinski definition) is 2.